The maximum atomic E-state index is 5.81. The Bertz CT molecular complexity index is 365. The molecule has 18 heavy (non-hydrogen) atoms. The molecule has 1 aromatic rings. The van der Waals surface area contributed by atoms with Gasteiger partial charge in [0.1, 0.15) is 5.75 Å². The summed E-state index contributed by atoms with van der Waals surface area (Å²) in [5, 5.41) is 0. The van der Waals surface area contributed by atoms with E-state index in [2.05, 4.69) is 20.1 Å². The normalized spacial score (nSPS) is 10.3. The van der Waals surface area contributed by atoms with E-state index in [1.807, 2.05) is 18.2 Å². The van der Waals surface area contributed by atoms with Crippen LogP contribution in [0.5, 0.6) is 5.75 Å². The van der Waals surface area contributed by atoms with Crippen LogP contribution in [0, 0.1) is 0 Å². The van der Waals surface area contributed by atoms with Crippen molar-refractivity contribution < 1.29 is 4.74 Å². The standard InChI is InChI=1S/C16H24OS/c1-4-7-8-9-10-11-12-17-15-13-14(5-2)18-16(15)6-3/h5-6,13H,2-4,7-12H2,1H3. The van der Waals surface area contributed by atoms with Crippen molar-refractivity contribution >= 4 is 23.5 Å². The Morgan fingerprint density at radius 3 is 2.50 bits per heavy atom. The van der Waals surface area contributed by atoms with Crippen LogP contribution < -0.4 is 4.74 Å². The third kappa shape index (κ3) is 5.09. The van der Waals surface area contributed by atoms with Gasteiger partial charge in [-0.25, -0.2) is 0 Å². The highest BCUT2D eigenvalue weighted by molar-refractivity contribution is 7.14. The maximum Gasteiger partial charge on any atom is 0.137 e. The lowest BCUT2D eigenvalue weighted by atomic mass is 10.1. The van der Waals surface area contributed by atoms with Crippen molar-refractivity contribution in [2.24, 2.45) is 0 Å². The summed E-state index contributed by atoms with van der Waals surface area (Å²) in [5.74, 6) is 0.957. The SMILES string of the molecule is C=Cc1cc(OCCCCCCCC)c(C=C)s1. The predicted molar refractivity (Wildman–Crippen MR) is 83.4 cm³/mol. The van der Waals surface area contributed by atoms with E-state index < -0.39 is 0 Å². The zero-order valence-electron chi connectivity index (χ0n) is 11.4. The third-order valence-electron chi connectivity index (χ3n) is 2.89. The van der Waals surface area contributed by atoms with Gasteiger partial charge in [0.05, 0.1) is 11.5 Å². The Hall–Kier alpha value is -1.02. The van der Waals surface area contributed by atoms with Crippen LogP contribution in [0.4, 0.5) is 0 Å². The molecule has 0 aliphatic heterocycles. The second kappa shape index (κ2) is 8.98. The summed E-state index contributed by atoms with van der Waals surface area (Å²) >= 11 is 1.67. The molecular formula is C16H24OS. The van der Waals surface area contributed by atoms with Gasteiger partial charge in [-0.15, -0.1) is 11.3 Å². The first-order chi connectivity index (χ1) is 8.81. The summed E-state index contributed by atoms with van der Waals surface area (Å²) in [6.07, 6.45) is 11.5. The van der Waals surface area contributed by atoms with Gasteiger partial charge in [0.2, 0.25) is 0 Å². The fourth-order valence-corrected chi connectivity index (χ4v) is 2.63. The second-order valence-electron chi connectivity index (χ2n) is 4.40. The van der Waals surface area contributed by atoms with Gasteiger partial charge < -0.3 is 4.74 Å². The van der Waals surface area contributed by atoms with Crippen molar-refractivity contribution in [3.05, 3.63) is 29.0 Å². The Kier molecular flexibility index (Phi) is 7.51. The summed E-state index contributed by atoms with van der Waals surface area (Å²) in [7, 11) is 0. The van der Waals surface area contributed by atoms with E-state index in [0.29, 0.717) is 0 Å². The highest BCUT2D eigenvalue weighted by Crippen LogP contribution is 2.31. The molecule has 1 rings (SSSR count). The molecule has 0 radical (unpaired) electrons. The molecule has 0 aliphatic carbocycles. The molecular weight excluding hydrogens is 240 g/mol. The summed E-state index contributed by atoms with van der Waals surface area (Å²) in [4.78, 5) is 2.25. The van der Waals surface area contributed by atoms with E-state index in [4.69, 9.17) is 4.74 Å². The molecule has 0 fully saturated rings. The van der Waals surface area contributed by atoms with Crippen LogP contribution in [0.1, 0.15) is 55.2 Å². The summed E-state index contributed by atoms with van der Waals surface area (Å²) in [5.41, 5.74) is 0. The van der Waals surface area contributed by atoms with E-state index in [-0.39, 0.29) is 0 Å². The minimum atomic E-state index is 0.806. The van der Waals surface area contributed by atoms with Gasteiger partial charge in [-0.1, -0.05) is 58.3 Å². The molecule has 0 bridgehead atoms. The number of hydrogen-bond donors (Lipinski definition) is 0. The van der Waals surface area contributed by atoms with Crippen molar-refractivity contribution in [2.45, 2.75) is 45.4 Å². The molecule has 1 nitrogen and oxygen atoms in total. The zero-order valence-corrected chi connectivity index (χ0v) is 12.2. The maximum absolute atomic E-state index is 5.81. The van der Waals surface area contributed by atoms with Gasteiger partial charge in [-0.05, 0) is 18.6 Å². The Morgan fingerprint density at radius 1 is 1.11 bits per heavy atom. The van der Waals surface area contributed by atoms with Gasteiger partial charge in [0, 0.05) is 4.88 Å². The molecule has 0 aliphatic rings. The Morgan fingerprint density at radius 2 is 1.83 bits per heavy atom. The highest BCUT2D eigenvalue weighted by Gasteiger charge is 2.05. The molecule has 0 atom stereocenters. The molecule has 100 valence electrons. The molecule has 0 unspecified atom stereocenters. The van der Waals surface area contributed by atoms with E-state index in [9.17, 15) is 0 Å². The van der Waals surface area contributed by atoms with E-state index in [0.717, 1.165) is 28.5 Å². The fourth-order valence-electron chi connectivity index (χ4n) is 1.83. The Labute approximate surface area is 115 Å². The van der Waals surface area contributed by atoms with Crippen LogP contribution in [0.15, 0.2) is 19.2 Å². The lowest BCUT2D eigenvalue weighted by Crippen LogP contribution is -1.97. The summed E-state index contributed by atoms with van der Waals surface area (Å²) < 4.78 is 5.81. The minimum Gasteiger partial charge on any atom is -0.492 e. The van der Waals surface area contributed by atoms with Gasteiger partial charge in [-0.2, -0.15) is 0 Å². The molecule has 2 heteroatoms. The average Bonchev–Trinajstić information content (AvgIpc) is 2.80. The number of unbranched alkanes of at least 4 members (excludes halogenated alkanes) is 5. The smallest absolute Gasteiger partial charge is 0.137 e. The van der Waals surface area contributed by atoms with Gasteiger partial charge in [-0.3, -0.25) is 0 Å². The third-order valence-corrected chi connectivity index (χ3v) is 3.99. The van der Waals surface area contributed by atoms with E-state index >= 15 is 0 Å². The highest BCUT2D eigenvalue weighted by atomic mass is 32.1. The topological polar surface area (TPSA) is 9.23 Å². The summed E-state index contributed by atoms with van der Waals surface area (Å²) in [6, 6.07) is 2.05. The Balaban J connectivity index is 2.24. The molecule has 0 spiro atoms. The van der Waals surface area contributed by atoms with Crippen LogP contribution in [-0.2, 0) is 0 Å². The lowest BCUT2D eigenvalue weighted by Gasteiger charge is -2.05. The number of hydrogen-bond acceptors (Lipinski definition) is 2. The lowest BCUT2D eigenvalue weighted by molar-refractivity contribution is 0.305. The molecule has 1 heterocycles. The largest absolute Gasteiger partial charge is 0.492 e. The fraction of sp³-hybridized carbons (Fsp3) is 0.500. The van der Waals surface area contributed by atoms with Crippen molar-refractivity contribution in [3.8, 4) is 5.75 Å². The predicted octanol–water partition coefficient (Wildman–Crippen LogP) is 5.77. The van der Waals surface area contributed by atoms with Gasteiger partial charge >= 0.3 is 0 Å². The number of thiophene rings is 1. The molecule has 0 amide bonds. The molecule has 0 aromatic carbocycles. The number of ether oxygens (including phenoxy) is 1. The minimum absolute atomic E-state index is 0.806. The first-order valence-corrected chi connectivity index (χ1v) is 7.65. The van der Waals surface area contributed by atoms with E-state index in [1.54, 1.807) is 11.3 Å². The van der Waals surface area contributed by atoms with Crippen molar-refractivity contribution in [1.29, 1.82) is 0 Å². The van der Waals surface area contributed by atoms with Crippen molar-refractivity contribution in [1.82, 2.24) is 0 Å². The average molecular weight is 264 g/mol. The first-order valence-electron chi connectivity index (χ1n) is 6.83. The molecule has 0 saturated heterocycles. The van der Waals surface area contributed by atoms with E-state index in [1.165, 1.54) is 32.1 Å². The van der Waals surface area contributed by atoms with Gasteiger partial charge in [0.15, 0.2) is 0 Å². The van der Waals surface area contributed by atoms with Gasteiger partial charge in [0.25, 0.3) is 0 Å². The van der Waals surface area contributed by atoms with Crippen LogP contribution >= 0.6 is 11.3 Å². The van der Waals surface area contributed by atoms with Crippen molar-refractivity contribution in [2.75, 3.05) is 6.61 Å². The second-order valence-corrected chi connectivity index (χ2v) is 5.52. The quantitative estimate of drug-likeness (QED) is 0.487. The van der Waals surface area contributed by atoms with Crippen LogP contribution in [0.2, 0.25) is 0 Å². The van der Waals surface area contributed by atoms with Crippen LogP contribution in [-0.4, -0.2) is 6.61 Å². The first kappa shape index (κ1) is 15.0. The van der Waals surface area contributed by atoms with Crippen molar-refractivity contribution in [3.63, 3.8) is 0 Å². The number of rotatable bonds is 10. The summed E-state index contributed by atoms with van der Waals surface area (Å²) in [6.45, 7) is 10.6. The zero-order chi connectivity index (χ0) is 13.2. The molecule has 1 aromatic heterocycles. The monoisotopic (exact) mass is 264 g/mol. The van der Waals surface area contributed by atoms with Crippen LogP contribution in [0.25, 0.3) is 12.2 Å². The molecule has 0 N–H and O–H groups in total. The van der Waals surface area contributed by atoms with Crippen LogP contribution in [0.3, 0.4) is 0 Å². The molecule has 0 saturated carbocycles.